The summed E-state index contributed by atoms with van der Waals surface area (Å²) >= 11 is 6.01. The van der Waals surface area contributed by atoms with Crippen LogP contribution in [0.4, 0.5) is 4.79 Å². The summed E-state index contributed by atoms with van der Waals surface area (Å²) in [6.07, 6.45) is -0.152. The molecule has 2 aliphatic rings. The number of imide groups is 1. The Bertz CT molecular complexity index is 1300. The first-order valence-electron chi connectivity index (χ1n) is 12.7. The maximum Gasteiger partial charge on any atom is 0.407 e. The van der Waals surface area contributed by atoms with Crippen molar-refractivity contribution in [1.29, 1.82) is 0 Å². The van der Waals surface area contributed by atoms with Crippen molar-refractivity contribution in [3.8, 4) is 0 Å². The van der Waals surface area contributed by atoms with E-state index in [1.165, 1.54) is 4.90 Å². The first kappa shape index (κ1) is 28.1. The zero-order chi connectivity index (χ0) is 28.3. The summed E-state index contributed by atoms with van der Waals surface area (Å²) in [4.78, 5) is 63.6. The van der Waals surface area contributed by atoms with E-state index in [4.69, 9.17) is 16.3 Å². The van der Waals surface area contributed by atoms with Crippen LogP contribution in [0.15, 0.2) is 42.5 Å². The molecule has 2 aromatic rings. The van der Waals surface area contributed by atoms with E-state index in [9.17, 15) is 24.0 Å². The van der Waals surface area contributed by atoms with Gasteiger partial charge in [-0.05, 0) is 62.1 Å². The molecule has 1 saturated heterocycles. The number of alkyl carbamates (subject to hydrolysis) is 1. The molecule has 0 aromatic heterocycles. The van der Waals surface area contributed by atoms with Crippen molar-refractivity contribution in [3.05, 3.63) is 69.7 Å². The van der Waals surface area contributed by atoms with Crippen molar-refractivity contribution < 1.29 is 28.7 Å². The summed E-state index contributed by atoms with van der Waals surface area (Å²) in [5.74, 6) is -2.07. The fraction of sp³-hybridized carbons (Fsp3) is 0.393. The Balaban J connectivity index is 1.42. The number of halogens is 1. The van der Waals surface area contributed by atoms with Crippen LogP contribution in [0.25, 0.3) is 0 Å². The molecule has 2 unspecified atom stereocenters. The Morgan fingerprint density at radius 1 is 1.10 bits per heavy atom. The topological polar surface area (TPSA) is 134 Å². The monoisotopic (exact) mass is 554 g/mol. The van der Waals surface area contributed by atoms with E-state index in [1.54, 1.807) is 57.2 Å². The quantitative estimate of drug-likeness (QED) is 0.450. The lowest BCUT2D eigenvalue weighted by Crippen LogP contribution is -2.52. The van der Waals surface area contributed by atoms with Crippen molar-refractivity contribution >= 4 is 41.3 Å². The maximum atomic E-state index is 13.2. The van der Waals surface area contributed by atoms with Gasteiger partial charge < -0.3 is 20.3 Å². The van der Waals surface area contributed by atoms with Crippen molar-refractivity contribution in [2.45, 2.75) is 64.3 Å². The highest BCUT2D eigenvalue weighted by molar-refractivity contribution is 6.30. The van der Waals surface area contributed by atoms with E-state index < -0.39 is 29.6 Å². The minimum Gasteiger partial charge on any atom is -0.444 e. The number of hydrogen-bond donors (Lipinski definition) is 3. The molecule has 4 rings (SSSR count). The summed E-state index contributed by atoms with van der Waals surface area (Å²) in [6.45, 7) is 5.71. The second-order valence-corrected chi connectivity index (χ2v) is 11.0. The van der Waals surface area contributed by atoms with E-state index in [1.807, 2.05) is 6.07 Å². The average molecular weight is 555 g/mol. The van der Waals surface area contributed by atoms with Crippen LogP contribution in [0.2, 0.25) is 5.02 Å². The summed E-state index contributed by atoms with van der Waals surface area (Å²) < 4.78 is 5.29. The van der Waals surface area contributed by atoms with Crippen LogP contribution in [0.1, 0.15) is 66.6 Å². The number of carbonyl (C=O) groups excluding carboxylic acids is 5. The van der Waals surface area contributed by atoms with Gasteiger partial charge in [0, 0.05) is 36.6 Å². The third-order valence-corrected chi connectivity index (χ3v) is 6.74. The first-order chi connectivity index (χ1) is 18.4. The number of nitrogens with one attached hydrogen (secondary N) is 3. The van der Waals surface area contributed by atoms with Crippen LogP contribution in [-0.4, -0.2) is 52.8 Å². The fourth-order valence-corrected chi connectivity index (χ4v) is 4.73. The van der Waals surface area contributed by atoms with Gasteiger partial charge in [0.1, 0.15) is 11.6 Å². The van der Waals surface area contributed by atoms with Crippen LogP contribution in [0.5, 0.6) is 0 Å². The van der Waals surface area contributed by atoms with Gasteiger partial charge in [-0.3, -0.25) is 24.5 Å². The molecule has 10 nitrogen and oxygen atoms in total. The molecule has 2 aromatic carbocycles. The first-order valence-corrected chi connectivity index (χ1v) is 13.1. The third kappa shape index (κ3) is 6.94. The fourth-order valence-electron chi connectivity index (χ4n) is 4.61. The zero-order valence-electron chi connectivity index (χ0n) is 22.0. The number of piperidine rings is 1. The summed E-state index contributed by atoms with van der Waals surface area (Å²) in [7, 11) is 0. The molecule has 0 radical (unpaired) electrons. The second kappa shape index (κ2) is 11.4. The van der Waals surface area contributed by atoms with Crippen molar-refractivity contribution in [3.63, 3.8) is 0 Å². The summed E-state index contributed by atoms with van der Waals surface area (Å²) in [5, 5.41) is 8.39. The van der Waals surface area contributed by atoms with Crippen LogP contribution in [0.3, 0.4) is 0 Å². The largest absolute Gasteiger partial charge is 0.444 e. The van der Waals surface area contributed by atoms with Crippen molar-refractivity contribution in [1.82, 2.24) is 20.9 Å². The van der Waals surface area contributed by atoms with E-state index in [0.717, 1.165) is 11.1 Å². The molecule has 0 saturated carbocycles. The molecule has 11 heteroatoms. The smallest absolute Gasteiger partial charge is 0.407 e. The Hall–Kier alpha value is -3.92. The van der Waals surface area contributed by atoms with Gasteiger partial charge in [0.2, 0.25) is 17.7 Å². The molecule has 0 aliphatic carbocycles. The number of rotatable bonds is 7. The normalized spacial score (nSPS) is 17.8. The van der Waals surface area contributed by atoms with Gasteiger partial charge in [-0.1, -0.05) is 35.9 Å². The molecule has 2 heterocycles. The van der Waals surface area contributed by atoms with Gasteiger partial charge in [0.15, 0.2) is 0 Å². The highest BCUT2D eigenvalue weighted by atomic mass is 35.5. The molecule has 206 valence electrons. The molecule has 1 fully saturated rings. The lowest BCUT2D eigenvalue weighted by atomic mass is 9.98. The molecular formula is C28H31ClN4O6. The summed E-state index contributed by atoms with van der Waals surface area (Å²) in [6, 6.07) is 11.4. The van der Waals surface area contributed by atoms with Crippen LogP contribution >= 0.6 is 11.6 Å². The van der Waals surface area contributed by atoms with Gasteiger partial charge >= 0.3 is 6.09 Å². The molecule has 39 heavy (non-hydrogen) atoms. The molecule has 0 bridgehead atoms. The standard InChI is InChI=1S/C28H31ClN4O6/c1-28(2,3)39-27(38)31-14-21(17-5-7-19(29)8-6-17)24(35)30-13-16-4-9-20-18(12-16)15-33(26(20)37)22-10-11-23(34)32-25(22)36/h4-9,12,21-22H,10-11,13-15H2,1-3H3,(H,30,35)(H,31,38)(H,32,34,36). The third-order valence-electron chi connectivity index (χ3n) is 6.49. The zero-order valence-corrected chi connectivity index (χ0v) is 22.8. The highest BCUT2D eigenvalue weighted by Gasteiger charge is 2.39. The molecule has 2 atom stereocenters. The Morgan fingerprint density at radius 3 is 2.49 bits per heavy atom. The van der Waals surface area contributed by atoms with Crippen LogP contribution in [-0.2, 0) is 32.2 Å². The number of amides is 5. The Labute approximate surface area is 231 Å². The second-order valence-electron chi connectivity index (χ2n) is 10.6. The van der Waals surface area contributed by atoms with Gasteiger partial charge in [0.05, 0.1) is 5.92 Å². The molecule has 2 aliphatic heterocycles. The van der Waals surface area contributed by atoms with E-state index in [2.05, 4.69) is 16.0 Å². The Kier molecular flexibility index (Phi) is 8.25. The van der Waals surface area contributed by atoms with E-state index >= 15 is 0 Å². The van der Waals surface area contributed by atoms with Gasteiger partial charge in [-0.25, -0.2) is 4.79 Å². The number of carbonyl (C=O) groups is 5. The summed E-state index contributed by atoms with van der Waals surface area (Å²) in [5.41, 5.74) is 2.01. The molecule has 3 N–H and O–H groups in total. The van der Waals surface area contributed by atoms with E-state index in [0.29, 0.717) is 16.1 Å². The minimum absolute atomic E-state index is 0.0159. The van der Waals surface area contributed by atoms with Gasteiger partial charge in [0.25, 0.3) is 5.91 Å². The lowest BCUT2D eigenvalue weighted by Gasteiger charge is -2.29. The van der Waals surface area contributed by atoms with Crippen LogP contribution in [0, 0.1) is 0 Å². The number of fused-ring (bicyclic) bond motifs is 1. The molecule has 5 amide bonds. The predicted molar refractivity (Wildman–Crippen MR) is 143 cm³/mol. The van der Waals surface area contributed by atoms with E-state index in [-0.39, 0.29) is 50.2 Å². The SMILES string of the molecule is CC(C)(C)OC(=O)NCC(C(=O)NCc1ccc2c(c1)CN(C1CCC(=O)NC1=O)C2=O)c1ccc(Cl)cc1. The van der Waals surface area contributed by atoms with Crippen molar-refractivity contribution in [2.75, 3.05) is 6.54 Å². The maximum absolute atomic E-state index is 13.2. The molecule has 0 spiro atoms. The van der Waals surface area contributed by atoms with Gasteiger partial charge in [-0.2, -0.15) is 0 Å². The average Bonchev–Trinajstić information content (AvgIpc) is 3.18. The number of ether oxygens (including phenoxy) is 1. The number of benzene rings is 2. The number of nitrogens with zero attached hydrogens (tertiary/aromatic N) is 1. The van der Waals surface area contributed by atoms with Gasteiger partial charge in [-0.15, -0.1) is 0 Å². The molecular weight excluding hydrogens is 524 g/mol. The number of hydrogen-bond acceptors (Lipinski definition) is 6. The van der Waals surface area contributed by atoms with Crippen LogP contribution < -0.4 is 16.0 Å². The predicted octanol–water partition coefficient (Wildman–Crippen LogP) is 3.03. The Morgan fingerprint density at radius 2 is 1.82 bits per heavy atom. The highest BCUT2D eigenvalue weighted by Crippen LogP contribution is 2.28. The van der Waals surface area contributed by atoms with Crippen molar-refractivity contribution in [2.24, 2.45) is 0 Å². The lowest BCUT2D eigenvalue weighted by molar-refractivity contribution is -0.137. The minimum atomic E-state index is -0.700.